The molecule has 0 heterocycles. The average molecular weight is 376 g/mol. The second-order valence-corrected chi connectivity index (χ2v) is 5.89. The molecule has 0 aliphatic rings. The molecule has 0 unspecified atom stereocenters. The fourth-order valence-electron chi connectivity index (χ4n) is 1.78. The minimum absolute atomic E-state index is 0.526. The Morgan fingerprint density at radius 1 is 0.955 bits per heavy atom. The minimum atomic E-state index is 0.526. The third kappa shape index (κ3) is 5.21. The Balaban J connectivity index is 1.81. The molecule has 0 bridgehead atoms. The van der Waals surface area contributed by atoms with Crippen molar-refractivity contribution in [3.8, 4) is 5.75 Å². The highest BCUT2D eigenvalue weighted by Crippen LogP contribution is 2.22. The van der Waals surface area contributed by atoms with Crippen molar-refractivity contribution >= 4 is 52.4 Å². The normalized spacial score (nSPS) is 10.1. The number of hydrogen-bond donors (Lipinski definition) is 2. The molecule has 116 valence electrons. The first kappa shape index (κ1) is 17.2. The molecule has 0 amide bonds. The Kier molecular flexibility index (Phi) is 6.58. The van der Waals surface area contributed by atoms with E-state index in [2.05, 4.69) is 14.9 Å². The first-order valence-corrected chi connectivity index (χ1v) is 7.89. The van der Waals surface area contributed by atoms with Crippen LogP contribution in [0.5, 0.6) is 5.75 Å². The van der Waals surface area contributed by atoms with Crippen LogP contribution in [-0.4, -0.2) is 5.11 Å². The van der Waals surface area contributed by atoms with Crippen LogP contribution in [0.25, 0.3) is 0 Å². The van der Waals surface area contributed by atoms with E-state index in [1.807, 2.05) is 24.3 Å². The molecule has 2 N–H and O–H groups in total. The molecule has 2 aromatic rings. The summed E-state index contributed by atoms with van der Waals surface area (Å²) >= 11 is 22.4. The van der Waals surface area contributed by atoms with Crippen LogP contribution in [0.2, 0.25) is 10.0 Å². The Labute approximate surface area is 149 Å². The smallest absolute Gasteiger partial charge is 0.166 e. The summed E-state index contributed by atoms with van der Waals surface area (Å²) in [4.78, 5) is 0. The van der Waals surface area contributed by atoms with Crippen LogP contribution in [0.15, 0.2) is 42.5 Å². The lowest BCUT2D eigenvalue weighted by Gasteiger charge is -2.11. The molecule has 0 spiro atoms. The number of thiocarbonyl (C=S) groups is 1. The monoisotopic (exact) mass is 374 g/mol. The maximum atomic E-state index is 5.97. The van der Waals surface area contributed by atoms with E-state index < -0.39 is 0 Å². The Bertz CT molecular complexity index is 667. The lowest BCUT2D eigenvalue weighted by atomic mass is 10.2. The second kappa shape index (κ2) is 8.44. The molecule has 0 aliphatic carbocycles. The summed E-state index contributed by atoms with van der Waals surface area (Å²) in [6.07, 6.45) is 0. The van der Waals surface area contributed by atoms with Gasteiger partial charge in [0.25, 0.3) is 0 Å². The van der Waals surface area contributed by atoms with Gasteiger partial charge in [-0.15, -0.1) is 0 Å². The molecule has 0 saturated heterocycles. The first-order valence-electron chi connectivity index (χ1n) is 6.41. The Hall–Kier alpha value is -1.20. The lowest BCUT2D eigenvalue weighted by Crippen LogP contribution is -2.34. The molecule has 0 saturated carbocycles. The highest BCUT2D eigenvalue weighted by Gasteiger charge is 2.02. The largest absolute Gasteiger partial charge is 0.386 e. The van der Waals surface area contributed by atoms with Gasteiger partial charge in [-0.2, -0.15) is 0 Å². The van der Waals surface area contributed by atoms with Crippen LogP contribution in [0.1, 0.15) is 11.1 Å². The van der Waals surface area contributed by atoms with Gasteiger partial charge in [0.2, 0.25) is 0 Å². The second-order valence-electron chi connectivity index (χ2n) is 4.51. The molecule has 2 aromatic carbocycles. The fraction of sp³-hybridized carbons (Fsp3) is 0.133. The minimum Gasteiger partial charge on any atom is -0.386 e. The maximum Gasteiger partial charge on any atom is 0.166 e. The third-order valence-corrected chi connectivity index (χ3v) is 4.08. The zero-order chi connectivity index (χ0) is 15.9. The summed E-state index contributed by atoms with van der Waals surface area (Å²) < 4.78 is 4.66. The van der Waals surface area contributed by atoms with E-state index in [1.54, 1.807) is 18.2 Å². The van der Waals surface area contributed by atoms with Gasteiger partial charge in [-0.1, -0.05) is 41.4 Å². The van der Waals surface area contributed by atoms with Crippen LogP contribution >= 0.6 is 47.3 Å². The summed E-state index contributed by atoms with van der Waals surface area (Å²) in [6.45, 7) is 1.13. The average Bonchev–Trinajstić information content (AvgIpc) is 2.54. The summed E-state index contributed by atoms with van der Waals surface area (Å²) in [5.74, 6) is 0.593. The highest BCUT2D eigenvalue weighted by molar-refractivity contribution is 7.80. The van der Waals surface area contributed by atoms with Crippen molar-refractivity contribution in [2.24, 2.45) is 0 Å². The van der Waals surface area contributed by atoms with Crippen LogP contribution in [0, 0.1) is 0 Å². The van der Waals surface area contributed by atoms with Crippen LogP contribution in [0.3, 0.4) is 0 Å². The topological polar surface area (TPSA) is 33.3 Å². The summed E-state index contributed by atoms with van der Waals surface area (Å²) in [6, 6.07) is 12.9. The number of halogens is 3. The van der Waals surface area contributed by atoms with Crippen molar-refractivity contribution in [3.63, 3.8) is 0 Å². The molecule has 0 aliphatic heterocycles. The van der Waals surface area contributed by atoms with Crippen LogP contribution in [0.4, 0.5) is 0 Å². The number of nitrogens with one attached hydrogen (secondary N) is 2. The molecule has 3 nitrogen and oxygen atoms in total. The predicted molar refractivity (Wildman–Crippen MR) is 95.7 cm³/mol. The molecular weight excluding hydrogens is 363 g/mol. The number of rotatable bonds is 5. The number of benzene rings is 2. The zero-order valence-electron chi connectivity index (χ0n) is 11.4. The van der Waals surface area contributed by atoms with E-state index in [4.69, 9.17) is 47.3 Å². The molecule has 0 fully saturated rings. The van der Waals surface area contributed by atoms with Crippen molar-refractivity contribution in [3.05, 3.63) is 63.6 Å². The SMILES string of the molecule is S=C(NCc1cccc(OCl)c1)NCc1ccc(Cl)c(Cl)c1. The maximum absolute atomic E-state index is 5.97. The van der Waals surface area contributed by atoms with Crippen LogP contribution < -0.4 is 14.9 Å². The molecule has 22 heavy (non-hydrogen) atoms. The van der Waals surface area contributed by atoms with Gasteiger partial charge in [0, 0.05) is 13.1 Å². The molecular formula is C15H13Cl3N2OS. The molecule has 0 aromatic heterocycles. The van der Waals surface area contributed by atoms with Gasteiger partial charge < -0.3 is 14.9 Å². The number of hydrogen-bond acceptors (Lipinski definition) is 2. The van der Waals surface area contributed by atoms with E-state index in [-0.39, 0.29) is 0 Å². The van der Waals surface area contributed by atoms with Gasteiger partial charge in [-0.3, -0.25) is 0 Å². The Morgan fingerprint density at radius 2 is 1.64 bits per heavy atom. The predicted octanol–water partition coefficient (Wildman–Crippen LogP) is 4.69. The summed E-state index contributed by atoms with van der Waals surface area (Å²) in [5.41, 5.74) is 2.01. The lowest BCUT2D eigenvalue weighted by molar-refractivity contribution is 0.617. The molecule has 2 rings (SSSR count). The van der Waals surface area contributed by atoms with Crippen molar-refractivity contribution in [2.45, 2.75) is 13.1 Å². The standard InChI is InChI=1S/C15H13Cl3N2OS/c16-13-5-4-11(7-14(13)17)9-20-15(22)19-8-10-2-1-3-12(6-10)21-18/h1-7H,8-9H2,(H2,19,20,22). The van der Waals surface area contributed by atoms with Gasteiger partial charge in [0.1, 0.15) is 17.6 Å². The van der Waals surface area contributed by atoms with Crippen LogP contribution in [-0.2, 0) is 13.1 Å². The van der Waals surface area contributed by atoms with E-state index >= 15 is 0 Å². The van der Waals surface area contributed by atoms with E-state index in [0.29, 0.717) is 34.0 Å². The van der Waals surface area contributed by atoms with E-state index in [0.717, 1.165) is 11.1 Å². The highest BCUT2D eigenvalue weighted by atomic mass is 35.5. The molecule has 0 radical (unpaired) electrons. The molecule has 0 atom stereocenters. The fourth-order valence-corrected chi connectivity index (χ4v) is 2.34. The first-order chi connectivity index (χ1) is 10.6. The van der Waals surface area contributed by atoms with Gasteiger partial charge in [-0.05, 0) is 47.6 Å². The van der Waals surface area contributed by atoms with E-state index in [9.17, 15) is 0 Å². The van der Waals surface area contributed by atoms with Crippen molar-refractivity contribution in [1.82, 2.24) is 10.6 Å². The third-order valence-electron chi connectivity index (χ3n) is 2.88. The van der Waals surface area contributed by atoms with Crippen molar-refractivity contribution in [1.29, 1.82) is 0 Å². The van der Waals surface area contributed by atoms with E-state index in [1.165, 1.54) is 0 Å². The summed E-state index contributed by atoms with van der Waals surface area (Å²) in [5, 5.41) is 7.82. The van der Waals surface area contributed by atoms with Crippen molar-refractivity contribution in [2.75, 3.05) is 0 Å². The summed E-state index contributed by atoms with van der Waals surface area (Å²) in [7, 11) is 0. The van der Waals surface area contributed by atoms with Gasteiger partial charge >= 0.3 is 0 Å². The van der Waals surface area contributed by atoms with Gasteiger partial charge in [0.05, 0.1) is 10.0 Å². The van der Waals surface area contributed by atoms with Gasteiger partial charge in [0.15, 0.2) is 5.11 Å². The van der Waals surface area contributed by atoms with Gasteiger partial charge in [-0.25, -0.2) is 0 Å². The quantitative estimate of drug-likeness (QED) is 0.743. The molecule has 7 heteroatoms. The Morgan fingerprint density at radius 3 is 2.27 bits per heavy atom. The zero-order valence-corrected chi connectivity index (χ0v) is 14.5. The van der Waals surface area contributed by atoms with Crippen molar-refractivity contribution < 1.29 is 4.29 Å².